The molecule has 0 aromatic heterocycles. The molecule has 0 bridgehead atoms. The first kappa shape index (κ1) is 13.0. The summed E-state index contributed by atoms with van der Waals surface area (Å²) in [4.78, 5) is 2.59. The Morgan fingerprint density at radius 1 is 1.13 bits per heavy atom. The molecule has 0 amide bonds. The number of rotatable bonds is 5. The second-order valence-corrected chi connectivity index (χ2v) is 10.3. The van der Waals surface area contributed by atoms with E-state index in [1.54, 1.807) is 0 Å². The summed E-state index contributed by atoms with van der Waals surface area (Å²) in [5, 5.41) is 0. The minimum absolute atomic E-state index is 0.995. The SMILES string of the molecule is CCC[Si](C)(C)C=CCN1CCCCC1. The highest BCUT2D eigenvalue weighted by molar-refractivity contribution is 6.82. The average Bonchev–Trinajstić information content (AvgIpc) is 2.19. The van der Waals surface area contributed by atoms with Gasteiger partial charge in [0.2, 0.25) is 0 Å². The molecule has 1 nitrogen and oxygen atoms in total. The molecule has 0 saturated carbocycles. The van der Waals surface area contributed by atoms with Gasteiger partial charge in [0.15, 0.2) is 0 Å². The van der Waals surface area contributed by atoms with Gasteiger partial charge in [-0.2, -0.15) is 0 Å². The van der Waals surface area contributed by atoms with E-state index in [0.717, 1.165) is 0 Å². The summed E-state index contributed by atoms with van der Waals surface area (Å²) in [6.07, 6.45) is 8.03. The molecule has 0 unspecified atom stereocenters. The molecule has 88 valence electrons. The summed E-state index contributed by atoms with van der Waals surface area (Å²) >= 11 is 0. The zero-order valence-corrected chi connectivity index (χ0v) is 11.8. The third kappa shape index (κ3) is 5.52. The number of piperidine rings is 1. The molecule has 1 heterocycles. The van der Waals surface area contributed by atoms with E-state index >= 15 is 0 Å². The van der Waals surface area contributed by atoms with Crippen molar-refractivity contribution < 1.29 is 0 Å². The predicted molar refractivity (Wildman–Crippen MR) is 72.0 cm³/mol. The van der Waals surface area contributed by atoms with Crippen molar-refractivity contribution in [3.05, 3.63) is 11.8 Å². The Labute approximate surface area is 96.6 Å². The van der Waals surface area contributed by atoms with Crippen LogP contribution in [0.3, 0.4) is 0 Å². The van der Waals surface area contributed by atoms with Crippen LogP contribution >= 0.6 is 0 Å². The van der Waals surface area contributed by atoms with Gasteiger partial charge < -0.3 is 0 Å². The normalized spacial score (nSPS) is 19.9. The first-order valence-electron chi connectivity index (χ1n) is 6.54. The topological polar surface area (TPSA) is 3.24 Å². The van der Waals surface area contributed by atoms with Crippen molar-refractivity contribution in [1.82, 2.24) is 4.90 Å². The Hall–Kier alpha value is -0.0831. The number of hydrogen-bond acceptors (Lipinski definition) is 1. The van der Waals surface area contributed by atoms with Crippen LogP contribution in [0.2, 0.25) is 19.1 Å². The van der Waals surface area contributed by atoms with Crippen LogP contribution in [0.1, 0.15) is 32.6 Å². The van der Waals surface area contributed by atoms with Crippen LogP contribution in [0, 0.1) is 0 Å². The minimum Gasteiger partial charge on any atom is -0.300 e. The molecular formula is C13H27NSi. The molecule has 0 aromatic carbocycles. The van der Waals surface area contributed by atoms with Gasteiger partial charge in [-0.3, -0.25) is 4.90 Å². The lowest BCUT2D eigenvalue weighted by Gasteiger charge is -2.25. The van der Waals surface area contributed by atoms with Gasteiger partial charge in [-0.15, -0.1) is 0 Å². The number of nitrogens with zero attached hydrogens (tertiary/aromatic N) is 1. The molecular weight excluding hydrogens is 198 g/mol. The largest absolute Gasteiger partial charge is 0.300 e. The summed E-state index contributed by atoms with van der Waals surface area (Å²) in [6.45, 7) is 11.1. The third-order valence-electron chi connectivity index (χ3n) is 3.28. The summed E-state index contributed by atoms with van der Waals surface area (Å²) in [7, 11) is -0.995. The van der Waals surface area contributed by atoms with Crippen molar-refractivity contribution in [3.8, 4) is 0 Å². The Morgan fingerprint density at radius 3 is 2.40 bits per heavy atom. The highest BCUT2D eigenvalue weighted by atomic mass is 28.3. The summed E-state index contributed by atoms with van der Waals surface area (Å²) in [5.41, 5.74) is 2.55. The van der Waals surface area contributed by atoms with Gasteiger partial charge in [0.1, 0.15) is 0 Å². The molecule has 0 atom stereocenters. The maximum atomic E-state index is 2.59. The van der Waals surface area contributed by atoms with E-state index in [0.29, 0.717) is 0 Å². The van der Waals surface area contributed by atoms with Crippen molar-refractivity contribution in [3.63, 3.8) is 0 Å². The Balaban J connectivity index is 2.25. The van der Waals surface area contributed by atoms with Crippen LogP contribution in [0.25, 0.3) is 0 Å². The second kappa shape index (κ2) is 6.49. The highest BCUT2D eigenvalue weighted by Crippen LogP contribution is 2.14. The molecule has 1 fully saturated rings. The Bertz CT molecular complexity index is 193. The highest BCUT2D eigenvalue weighted by Gasteiger charge is 2.15. The molecule has 1 saturated heterocycles. The lowest BCUT2D eigenvalue weighted by atomic mass is 10.1. The molecule has 1 aliphatic rings. The first-order chi connectivity index (χ1) is 7.14. The summed E-state index contributed by atoms with van der Waals surface area (Å²) in [6, 6.07) is 1.43. The van der Waals surface area contributed by atoms with Gasteiger partial charge in [0, 0.05) is 6.54 Å². The Kier molecular flexibility index (Phi) is 5.62. The molecule has 15 heavy (non-hydrogen) atoms. The van der Waals surface area contributed by atoms with E-state index in [1.807, 2.05) is 0 Å². The van der Waals surface area contributed by atoms with Crippen LogP contribution in [0.15, 0.2) is 11.8 Å². The van der Waals surface area contributed by atoms with Gasteiger partial charge in [-0.25, -0.2) is 0 Å². The van der Waals surface area contributed by atoms with Gasteiger partial charge in [0.05, 0.1) is 8.07 Å². The van der Waals surface area contributed by atoms with Crippen LogP contribution in [0.5, 0.6) is 0 Å². The van der Waals surface area contributed by atoms with Crippen molar-refractivity contribution in [2.45, 2.75) is 51.7 Å². The molecule has 1 rings (SSSR count). The zero-order valence-electron chi connectivity index (χ0n) is 10.8. The maximum absolute atomic E-state index is 2.59. The average molecular weight is 225 g/mol. The molecule has 0 spiro atoms. The molecule has 2 heteroatoms. The van der Waals surface area contributed by atoms with Gasteiger partial charge in [0.25, 0.3) is 0 Å². The summed E-state index contributed by atoms with van der Waals surface area (Å²) in [5.74, 6) is 0. The number of likely N-dealkylation sites (tertiary alicyclic amines) is 1. The molecule has 0 N–H and O–H groups in total. The van der Waals surface area contributed by atoms with Crippen molar-refractivity contribution in [2.24, 2.45) is 0 Å². The van der Waals surface area contributed by atoms with Crippen LogP contribution in [-0.4, -0.2) is 32.6 Å². The van der Waals surface area contributed by atoms with E-state index in [4.69, 9.17) is 0 Å². The van der Waals surface area contributed by atoms with Crippen molar-refractivity contribution in [2.75, 3.05) is 19.6 Å². The lowest BCUT2D eigenvalue weighted by molar-refractivity contribution is 0.251. The van der Waals surface area contributed by atoms with Gasteiger partial charge in [-0.1, -0.05) is 50.7 Å². The standard InChI is InChI=1S/C13H27NSi/c1-4-12-15(2,3)13-8-11-14-9-6-5-7-10-14/h8,13H,4-7,9-12H2,1-3H3. The fourth-order valence-corrected chi connectivity index (χ4v) is 4.59. The molecule has 0 aromatic rings. The van der Waals surface area contributed by atoms with Gasteiger partial charge >= 0.3 is 0 Å². The van der Waals surface area contributed by atoms with Crippen LogP contribution < -0.4 is 0 Å². The number of hydrogen-bond donors (Lipinski definition) is 0. The third-order valence-corrected chi connectivity index (χ3v) is 6.20. The van der Waals surface area contributed by atoms with E-state index in [2.05, 4.69) is 36.7 Å². The van der Waals surface area contributed by atoms with E-state index in [9.17, 15) is 0 Å². The molecule has 1 aliphatic heterocycles. The van der Waals surface area contributed by atoms with Gasteiger partial charge in [-0.05, 0) is 25.9 Å². The van der Waals surface area contributed by atoms with E-state index < -0.39 is 8.07 Å². The zero-order chi connectivity index (χ0) is 11.1. The van der Waals surface area contributed by atoms with Crippen LogP contribution in [0.4, 0.5) is 0 Å². The molecule has 0 radical (unpaired) electrons. The smallest absolute Gasteiger partial charge is 0.0713 e. The monoisotopic (exact) mass is 225 g/mol. The lowest BCUT2D eigenvalue weighted by Crippen LogP contribution is -2.30. The predicted octanol–water partition coefficient (Wildman–Crippen LogP) is 3.69. The van der Waals surface area contributed by atoms with Crippen LogP contribution in [-0.2, 0) is 0 Å². The Morgan fingerprint density at radius 2 is 1.80 bits per heavy atom. The quantitative estimate of drug-likeness (QED) is 0.645. The fourth-order valence-electron chi connectivity index (χ4n) is 2.39. The van der Waals surface area contributed by atoms with Crippen molar-refractivity contribution in [1.29, 1.82) is 0 Å². The maximum Gasteiger partial charge on any atom is 0.0713 e. The van der Waals surface area contributed by atoms with E-state index in [-0.39, 0.29) is 0 Å². The fraction of sp³-hybridized carbons (Fsp3) is 0.846. The second-order valence-electron chi connectivity index (χ2n) is 5.50. The van der Waals surface area contributed by atoms with Crippen molar-refractivity contribution >= 4 is 8.07 Å². The molecule has 0 aliphatic carbocycles. The first-order valence-corrected chi connectivity index (χ1v) is 9.82. The minimum atomic E-state index is -0.995. The van der Waals surface area contributed by atoms with E-state index in [1.165, 1.54) is 51.4 Å². The summed E-state index contributed by atoms with van der Waals surface area (Å²) < 4.78 is 0.